The van der Waals surface area contributed by atoms with Gasteiger partial charge >= 0.3 is 0 Å². The average molecular weight is 398 g/mol. The van der Waals surface area contributed by atoms with Crippen molar-refractivity contribution in [1.82, 2.24) is 15.1 Å². The Morgan fingerprint density at radius 1 is 1.24 bits per heavy atom. The Kier molecular flexibility index (Phi) is 5.95. The van der Waals surface area contributed by atoms with Crippen molar-refractivity contribution < 1.29 is 9.59 Å². The van der Waals surface area contributed by atoms with Crippen molar-refractivity contribution in [2.24, 2.45) is 0 Å². The van der Waals surface area contributed by atoms with Crippen LogP contribution >= 0.6 is 0 Å². The minimum Gasteiger partial charge on any atom is -0.354 e. The highest BCUT2D eigenvalue weighted by Crippen LogP contribution is 2.43. The molecule has 2 heterocycles. The Bertz CT molecular complexity index is 758. The number of benzene rings is 1. The zero-order chi connectivity index (χ0) is 20.4. The van der Waals surface area contributed by atoms with E-state index in [0.29, 0.717) is 25.6 Å². The molecule has 2 saturated heterocycles. The van der Waals surface area contributed by atoms with E-state index in [2.05, 4.69) is 42.4 Å². The molecule has 1 aromatic carbocycles. The lowest BCUT2D eigenvalue weighted by atomic mass is 9.76. The van der Waals surface area contributed by atoms with Crippen molar-refractivity contribution in [2.75, 3.05) is 26.7 Å². The number of amides is 2. The van der Waals surface area contributed by atoms with Crippen molar-refractivity contribution in [3.63, 3.8) is 0 Å². The van der Waals surface area contributed by atoms with Crippen LogP contribution in [-0.2, 0) is 15.0 Å². The predicted octanol–water partition coefficient (Wildman–Crippen LogP) is 3.01. The first-order chi connectivity index (χ1) is 14.0. The van der Waals surface area contributed by atoms with Crippen LogP contribution in [0.15, 0.2) is 24.3 Å². The summed E-state index contributed by atoms with van der Waals surface area (Å²) in [6, 6.07) is 9.14. The fraction of sp³-hybridized carbons (Fsp3) is 0.667. The maximum Gasteiger partial charge on any atom is 0.232 e. The topological polar surface area (TPSA) is 52.7 Å². The molecule has 0 aromatic heterocycles. The van der Waals surface area contributed by atoms with E-state index in [0.717, 1.165) is 30.5 Å². The molecule has 29 heavy (non-hydrogen) atoms. The Morgan fingerprint density at radius 2 is 2.03 bits per heavy atom. The molecular formula is C24H35N3O2. The first-order valence-electron chi connectivity index (χ1n) is 11.3. The van der Waals surface area contributed by atoms with Crippen LogP contribution in [-0.4, -0.2) is 60.4 Å². The van der Waals surface area contributed by atoms with E-state index in [1.165, 1.54) is 32.1 Å². The van der Waals surface area contributed by atoms with Gasteiger partial charge in [0.1, 0.15) is 0 Å². The number of aryl methyl sites for hydroxylation is 1. The van der Waals surface area contributed by atoms with Crippen LogP contribution in [0, 0.1) is 6.92 Å². The second-order valence-electron chi connectivity index (χ2n) is 9.40. The molecule has 3 fully saturated rings. The number of rotatable bonds is 6. The van der Waals surface area contributed by atoms with E-state index in [1.54, 1.807) is 0 Å². The predicted molar refractivity (Wildman–Crippen MR) is 115 cm³/mol. The zero-order valence-electron chi connectivity index (χ0n) is 18.0. The molecule has 1 aromatic rings. The van der Waals surface area contributed by atoms with Gasteiger partial charge in [0.05, 0.1) is 5.41 Å². The van der Waals surface area contributed by atoms with E-state index in [1.807, 2.05) is 11.0 Å². The normalized spacial score (nSPS) is 27.5. The van der Waals surface area contributed by atoms with Gasteiger partial charge in [-0.2, -0.15) is 0 Å². The minimum absolute atomic E-state index is 0.0855. The van der Waals surface area contributed by atoms with Crippen LogP contribution < -0.4 is 5.32 Å². The van der Waals surface area contributed by atoms with E-state index in [9.17, 15) is 9.59 Å². The number of hydrogen-bond acceptors (Lipinski definition) is 3. The van der Waals surface area contributed by atoms with Gasteiger partial charge in [-0.05, 0) is 45.2 Å². The van der Waals surface area contributed by atoms with Gasteiger partial charge in [0, 0.05) is 38.1 Å². The lowest BCUT2D eigenvalue weighted by Crippen LogP contribution is -2.49. The van der Waals surface area contributed by atoms with Crippen molar-refractivity contribution in [3.05, 3.63) is 35.4 Å². The van der Waals surface area contributed by atoms with Crippen LogP contribution in [0.5, 0.6) is 0 Å². The van der Waals surface area contributed by atoms with Crippen LogP contribution in [0.1, 0.15) is 62.5 Å². The maximum absolute atomic E-state index is 13.5. The van der Waals surface area contributed by atoms with Crippen molar-refractivity contribution in [1.29, 1.82) is 0 Å². The third-order valence-electron chi connectivity index (χ3n) is 7.43. The van der Waals surface area contributed by atoms with Gasteiger partial charge in [0.25, 0.3) is 0 Å². The third-order valence-corrected chi connectivity index (χ3v) is 7.43. The fourth-order valence-electron chi connectivity index (χ4n) is 5.65. The average Bonchev–Trinajstić information content (AvgIpc) is 3.28. The lowest BCUT2D eigenvalue weighted by molar-refractivity contribution is -0.129. The molecule has 5 heteroatoms. The Balaban J connectivity index is 1.45. The monoisotopic (exact) mass is 397 g/mol. The Labute approximate surface area is 174 Å². The molecule has 3 aliphatic rings. The molecular weight excluding hydrogens is 362 g/mol. The summed E-state index contributed by atoms with van der Waals surface area (Å²) < 4.78 is 0. The number of carbonyl (C=O) groups excluding carboxylic acids is 2. The summed E-state index contributed by atoms with van der Waals surface area (Å²) in [4.78, 5) is 30.2. The molecule has 2 amide bonds. The summed E-state index contributed by atoms with van der Waals surface area (Å²) in [7, 11) is 2.18. The quantitative estimate of drug-likeness (QED) is 0.803. The molecule has 1 saturated carbocycles. The van der Waals surface area contributed by atoms with Gasteiger partial charge < -0.3 is 15.1 Å². The number of carbonyl (C=O) groups is 2. The first kappa shape index (κ1) is 20.4. The molecule has 4 rings (SSSR count). The first-order valence-corrected chi connectivity index (χ1v) is 11.3. The molecule has 1 N–H and O–H groups in total. The zero-order valence-corrected chi connectivity index (χ0v) is 18.0. The third kappa shape index (κ3) is 4.07. The molecule has 1 aliphatic carbocycles. The largest absolute Gasteiger partial charge is 0.354 e. The maximum atomic E-state index is 13.5. The number of hydrogen-bond donors (Lipinski definition) is 1. The SMILES string of the molecule is Cc1cccc([C@]2(C(=O)NCCN(C)C3CCCCC3)C[C@@H]3CCC(=O)N3C2)c1. The van der Waals surface area contributed by atoms with Crippen molar-refractivity contribution >= 4 is 11.8 Å². The Hall–Kier alpha value is -1.88. The van der Waals surface area contributed by atoms with Gasteiger partial charge in [-0.1, -0.05) is 49.1 Å². The summed E-state index contributed by atoms with van der Waals surface area (Å²) in [6.45, 7) is 4.13. The molecule has 0 bridgehead atoms. The summed E-state index contributed by atoms with van der Waals surface area (Å²) in [6.07, 6.45) is 8.80. The van der Waals surface area contributed by atoms with Gasteiger partial charge in [-0.3, -0.25) is 9.59 Å². The van der Waals surface area contributed by atoms with Gasteiger partial charge in [0.2, 0.25) is 11.8 Å². The molecule has 158 valence electrons. The number of likely N-dealkylation sites (N-methyl/N-ethyl adjacent to an activating group) is 1. The van der Waals surface area contributed by atoms with E-state index >= 15 is 0 Å². The van der Waals surface area contributed by atoms with Crippen molar-refractivity contribution in [3.8, 4) is 0 Å². The highest BCUT2D eigenvalue weighted by Gasteiger charge is 2.53. The summed E-state index contributed by atoms with van der Waals surface area (Å²) in [5.74, 6) is 0.289. The van der Waals surface area contributed by atoms with Crippen molar-refractivity contribution in [2.45, 2.75) is 75.8 Å². The van der Waals surface area contributed by atoms with E-state index in [-0.39, 0.29) is 17.9 Å². The standard InChI is InChI=1S/C24H35N3O2/c1-18-7-6-8-19(15-18)24(16-21-11-12-22(28)27(21)17-24)23(29)25-13-14-26(2)20-9-4-3-5-10-20/h6-8,15,20-21H,3-5,9-14,16-17H2,1-2H3,(H,25,29)/t21-,24-/m0/s1. The summed E-state index contributed by atoms with van der Waals surface area (Å²) in [5.41, 5.74) is 1.60. The second-order valence-corrected chi connectivity index (χ2v) is 9.40. The van der Waals surface area contributed by atoms with Gasteiger partial charge in [-0.15, -0.1) is 0 Å². The number of nitrogens with zero attached hydrogens (tertiary/aromatic N) is 2. The molecule has 2 atom stereocenters. The molecule has 5 nitrogen and oxygen atoms in total. The van der Waals surface area contributed by atoms with Crippen LogP contribution in [0.2, 0.25) is 0 Å². The minimum atomic E-state index is -0.615. The fourth-order valence-corrected chi connectivity index (χ4v) is 5.65. The van der Waals surface area contributed by atoms with Crippen LogP contribution in [0.4, 0.5) is 0 Å². The van der Waals surface area contributed by atoms with E-state index in [4.69, 9.17) is 0 Å². The van der Waals surface area contributed by atoms with E-state index < -0.39 is 5.41 Å². The molecule has 0 unspecified atom stereocenters. The van der Waals surface area contributed by atoms with Crippen LogP contribution in [0.25, 0.3) is 0 Å². The number of fused-ring (bicyclic) bond motifs is 1. The lowest BCUT2D eigenvalue weighted by Gasteiger charge is -2.32. The molecule has 0 spiro atoms. The summed E-state index contributed by atoms with van der Waals surface area (Å²) >= 11 is 0. The van der Waals surface area contributed by atoms with Gasteiger partial charge in [-0.25, -0.2) is 0 Å². The van der Waals surface area contributed by atoms with Crippen LogP contribution in [0.3, 0.4) is 0 Å². The highest BCUT2D eigenvalue weighted by atomic mass is 16.2. The smallest absolute Gasteiger partial charge is 0.232 e. The molecule has 0 radical (unpaired) electrons. The second kappa shape index (κ2) is 8.47. The van der Waals surface area contributed by atoms with Gasteiger partial charge in [0.15, 0.2) is 0 Å². The summed E-state index contributed by atoms with van der Waals surface area (Å²) in [5, 5.41) is 3.24. The highest BCUT2D eigenvalue weighted by molar-refractivity contribution is 5.91. The molecule has 2 aliphatic heterocycles. The number of nitrogens with one attached hydrogen (secondary N) is 1. The Morgan fingerprint density at radius 3 is 2.76 bits per heavy atom.